The number of carbonyl (C=O) groups excluding carboxylic acids is 3. The molecule has 6 aliphatic rings. The van der Waals surface area contributed by atoms with Gasteiger partial charge in [0.2, 0.25) is 17.8 Å². The number of hydrogen-bond donors (Lipinski definition) is 2. The van der Waals surface area contributed by atoms with E-state index in [1.165, 1.54) is 6.42 Å². The number of carbonyl (C=O) groups is 3. The van der Waals surface area contributed by atoms with Gasteiger partial charge in [-0.2, -0.15) is 0 Å². The maximum absolute atomic E-state index is 13.4. The Hall–Kier alpha value is -2.39. The Morgan fingerprint density at radius 2 is 1.86 bits per heavy atom. The molecule has 0 spiro atoms. The quantitative estimate of drug-likeness (QED) is 0.454. The van der Waals surface area contributed by atoms with Gasteiger partial charge in [-0.05, 0) is 89.3 Å². The van der Waals surface area contributed by atoms with Crippen LogP contribution in [-0.4, -0.2) is 73.9 Å². The van der Waals surface area contributed by atoms with Crippen molar-refractivity contribution in [1.82, 2.24) is 10.2 Å². The fourth-order valence-corrected chi connectivity index (χ4v) is 9.80. The number of Topliss-reactive ketones (excluding diaryl/α,β-unsaturated/α-hetero) is 1. The van der Waals surface area contributed by atoms with Crippen LogP contribution in [0, 0.1) is 40.4 Å². The fourth-order valence-electron chi connectivity index (χ4n) is 9.80. The Labute approximate surface area is 249 Å². The molecule has 232 valence electrons. The number of nitrogens with zero attached hydrogens (tertiary/aromatic N) is 1. The molecule has 8 atom stereocenters. The summed E-state index contributed by atoms with van der Waals surface area (Å²) >= 11 is 0. The predicted molar refractivity (Wildman–Crippen MR) is 155 cm³/mol. The highest BCUT2D eigenvalue weighted by molar-refractivity contribution is 6.05. The minimum absolute atomic E-state index is 0.0628. The lowest BCUT2D eigenvalue weighted by molar-refractivity contribution is -0.148. The van der Waals surface area contributed by atoms with Crippen LogP contribution in [0.25, 0.3) is 0 Å². The molecule has 0 saturated heterocycles. The van der Waals surface area contributed by atoms with Crippen molar-refractivity contribution in [1.29, 1.82) is 0 Å². The van der Waals surface area contributed by atoms with Crippen LogP contribution in [0.3, 0.4) is 0 Å². The lowest BCUT2D eigenvalue weighted by Gasteiger charge is -2.59. The van der Waals surface area contributed by atoms with Crippen LogP contribution in [0.5, 0.6) is 0 Å². The van der Waals surface area contributed by atoms with Crippen LogP contribution >= 0.6 is 0 Å². The molecule has 1 aliphatic heterocycles. The average Bonchev–Trinajstić information content (AvgIpc) is 3.55. The first-order chi connectivity index (χ1) is 20.0. The Bertz CT molecular complexity index is 1170. The molecule has 1 heterocycles. The molecule has 3 unspecified atom stereocenters. The second-order valence-corrected chi connectivity index (χ2v) is 14.4. The maximum atomic E-state index is 13.4. The number of amides is 1. The van der Waals surface area contributed by atoms with Gasteiger partial charge in [-0.25, -0.2) is 4.79 Å². The van der Waals surface area contributed by atoms with Crippen LogP contribution in [0.15, 0.2) is 23.2 Å². The summed E-state index contributed by atoms with van der Waals surface area (Å²) in [6.07, 6.45) is 9.50. The maximum Gasteiger partial charge on any atom is 0.407 e. The second-order valence-electron chi connectivity index (χ2n) is 14.4. The van der Waals surface area contributed by atoms with Crippen molar-refractivity contribution in [3.8, 4) is 0 Å². The highest BCUT2D eigenvalue weighted by atomic mass is 16.7. The number of ether oxygens (including phenoxy) is 3. The first-order valence-corrected chi connectivity index (χ1v) is 16.1. The first-order valence-electron chi connectivity index (χ1n) is 16.1. The molecule has 6 rings (SSSR count). The van der Waals surface area contributed by atoms with E-state index < -0.39 is 23.9 Å². The highest BCUT2D eigenvalue weighted by Crippen LogP contribution is 2.68. The zero-order valence-corrected chi connectivity index (χ0v) is 25.7. The van der Waals surface area contributed by atoms with Gasteiger partial charge in [0.05, 0.1) is 11.5 Å². The van der Waals surface area contributed by atoms with E-state index in [0.29, 0.717) is 31.0 Å². The van der Waals surface area contributed by atoms with E-state index in [2.05, 4.69) is 19.2 Å². The van der Waals surface area contributed by atoms with E-state index in [-0.39, 0.29) is 53.2 Å². The number of alkyl carbamates (subject to hydrolysis) is 1. The largest absolute Gasteiger partial charge is 0.454 e. The minimum Gasteiger partial charge on any atom is -0.454 e. The molecule has 9 nitrogen and oxygen atoms in total. The van der Waals surface area contributed by atoms with E-state index in [4.69, 9.17) is 14.2 Å². The third-order valence-electron chi connectivity index (χ3n) is 11.8. The highest BCUT2D eigenvalue weighted by Gasteiger charge is 2.66. The molecule has 5 aliphatic carbocycles. The molecule has 4 fully saturated rings. The van der Waals surface area contributed by atoms with Crippen molar-refractivity contribution in [2.45, 2.75) is 90.4 Å². The SMILES string of the molecule is CN(C)CCNC(=O)OCC(=O)[C@H]1CCC2C3CCC4=CC(=O)C5=C(O[C@@H](C6CCCCC6)O5)[C@]4(C)C3[C@@H](O)C[C@@]21C. The lowest BCUT2D eigenvalue weighted by atomic mass is 9.46. The number of aliphatic hydroxyl groups is 1. The van der Waals surface area contributed by atoms with Crippen LogP contribution in [0.4, 0.5) is 4.79 Å². The summed E-state index contributed by atoms with van der Waals surface area (Å²) in [5.74, 6) is 1.15. The van der Waals surface area contributed by atoms with E-state index >= 15 is 0 Å². The summed E-state index contributed by atoms with van der Waals surface area (Å²) in [5, 5.41) is 14.6. The van der Waals surface area contributed by atoms with Crippen LogP contribution in [0.2, 0.25) is 0 Å². The van der Waals surface area contributed by atoms with E-state index in [1.807, 2.05) is 19.0 Å². The van der Waals surface area contributed by atoms with Crippen molar-refractivity contribution in [3.63, 3.8) is 0 Å². The molecule has 9 heteroatoms. The van der Waals surface area contributed by atoms with Crippen molar-refractivity contribution >= 4 is 17.7 Å². The normalized spacial score (nSPS) is 39.4. The molecule has 1 amide bonds. The molecule has 0 aromatic heterocycles. The number of ketones is 2. The third kappa shape index (κ3) is 4.88. The molecular formula is C33H48N2O7. The predicted octanol–water partition coefficient (Wildman–Crippen LogP) is 4.35. The van der Waals surface area contributed by atoms with Gasteiger partial charge < -0.3 is 29.5 Å². The van der Waals surface area contributed by atoms with Gasteiger partial charge in [0.15, 0.2) is 18.1 Å². The van der Waals surface area contributed by atoms with Crippen LogP contribution in [0.1, 0.15) is 78.1 Å². The summed E-state index contributed by atoms with van der Waals surface area (Å²) in [4.78, 5) is 40.8. The molecule has 0 aromatic carbocycles. The van der Waals surface area contributed by atoms with Crippen LogP contribution < -0.4 is 5.32 Å². The first kappa shape index (κ1) is 29.7. The molecule has 0 aromatic rings. The molecule has 2 N–H and O–H groups in total. The number of nitrogens with one attached hydrogen (secondary N) is 1. The standard InChI is InChI=1S/C33H48N2O7/c1-32-17-25(37)27-21(22(32)12-13-23(32)26(38)18-40-31(39)34-14-15-35(3)4)11-10-20-16-24(36)28-29(33(20,27)2)42-30(41-28)19-8-6-5-7-9-19/h16,19,21-23,25,27,30,37H,5-15,17-18H2,1-4H3,(H,34,39)/t21?,22?,23-,25+,27?,30+,32+,33+/m1/s1. The third-order valence-corrected chi connectivity index (χ3v) is 11.8. The zero-order chi connectivity index (χ0) is 29.8. The van der Waals surface area contributed by atoms with Crippen molar-refractivity contribution in [3.05, 3.63) is 23.2 Å². The Balaban J connectivity index is 1.18. The van der Waals surface area contributed by atoms with Crippen molar-refractivity contribution < 1.29 is 33.7 Å². The number of rotatable bonds is 7. The summed E-state index contributed by atoms with van der Waals surface area (Å²) in [5.41, 5.74) is 0.0632. The van der Waals surface area contributed by atoms with Gasteiger partial charge in [-0.1, -0.05) is 31.8 Å². The summed E-state index contributed by atoms with van der Waals surface area (Å²) in [7, 11) is 3.85. The summed E-state index contributed by atoms with van der Waals surface area (Å²) in [6, 6.07) is 0. The minimum atomic E-state index is -0.659. The van der Waals surface area contributed by atoms with Gasteiger partial charge in [0.25, 0.3) is 0 Å². The molecule has 0 bridgehead atoms. The smallest absolute Gasteiger partial charge is 0.407 e. The van der Waals surface area contributed by atoms with Crippen LogP contribution in [-0.2, 0) is 23.8 Å². The fraction of sp³-hybridized carbons (Fsp3) is 0.788. The Kier molecular flexibility index (Phi) is 7.96. The number of aliphatic hydroxyl groups excluding tert-OH is 1. The molecular weight excluding hydrogens is 536 g/mol. The topological polar surface area (TPSA) is 114 Å². The summed E-state index contributed by atoms with van der Waals surface area (Å²) < 4.78 is 18.2. The van der Waals surface area contributed by atoms with Crippen molar-refractivity contribution in [2.24, 2.45) is 40.4 Å². The van der Waals surface area contributed by atoms with Gasteiger partial charge >= 0.3 is 6.09 Å². The number of fused-ring (bicyclic) bond motifs is 6. The monoisotopic (exact) mass is 584 g/mol. The number of allylic oxidation sites excluding steroid dienone is 2. The van der Waals surface area contributed by atoms with Crippen molar-refractivity contribution in [2.75, 3.05) is 33.8 Å². The zero-order valence-electron chi connectivity index (χ0n) is 25.7. The Morgan fingerprint density at radius 1 is 1.10 bits per heavy atom. The van der Waals surface area contributed by atoms with E-state index in [9.17, 15) is 19.5 Å². The molecule has 4 saturated carbocycles. The Morgan fingerprint density at radius 3 is 2.60 bits per heavy atom. The molecule has 42 heavy (non-hydrogen) atoms. The van der Waals surface area contributed by atoms with Gasteiger partial charge in [0, 0.05) is 30.8 Å². The summed E-state index contributed by atoms with van der Waals surface area (Å²) in [6.45, 7) is 5.19. The number of hydrogen-bond acceptors (Lipinski definition) is 8. The van der Waals surface area contributed by atoms with Gasteiger partial charge in [0.1, 0.15) is 0 Å². The van der Waals surface area contributed by atoms with Gasteiger partial charge in [-0.15, -0.1) is 0 Å². The van der Waals surface area contributed by atoms with E-state index in [1.54, 1.807) is 6.08 Å². The lowest BCUT2D eigenvalue weighted by Crippen LogP contribution is -2.57. The van der Waals surface area contributed by atoms with Gasteiger partial charge in [-0.3, -0.25) is 9.59 Å². The second kappa shape index (κ2) is 11.3. The molecule has 0 radical (unpaired) electrons. The number of likely N-dealkylation sites (N-methyl/N-ethyl adjacent to an activating group) is 1. The van der Waals surface area contributed by atoms with E-state index in [0.717, 1.165) is 56.9 Å². The average molecular weight is 585 g/mol.